The highest BCUT2D eigenvalue weighted by Gasteiger charge is 2.23. The van der Waals surface area contributed by atoms with Crippen molar-refractivity contribution in [3.63, 3.8) is 0 Å². The van der Waals surface area contributed by atoms with Crippen LogP contribution in [0.25, 0.3) is 0 Å². The van der Waals surface area contributed by atoms with Gasteiger partial charge in [-0.2, -0.15) is 4.31 Å². The third kappa shape index (κ3) is 3.49. The normalized spacial score (nSPS) is 12.0. The lowest BCUT2D eigenvalue weighted by molar-refractivity contribution is 0.253. The maximum absolute atomic E-state index is 13.0. The lowest BCUT2D eigenvalue weighted by Crippen LogP contribution is -2.34. The summed E-state index contributed by atoms with van der Waals surface area (Å²) in [6.45, 7) is 1.91. The van der Waals surface area contributed by atoms with Crippen molar-refractivity contribution in [2.75, 3.05) is 19.7 Å². The van der Waals surface area contributed by atoms with Crippen molar-refractivity contribution >= 4 is 10.0 Å². The van der Waals surface area contributed by atoms with Crippen molar-refractivity contribution in [2.24, 2.45) is 0 Å². The fraction of sp³-hybridized carbons (Fsp3) is 0.455. The summed E-state index contributed by atoms with van der Waals surface area (Å²) >= 11 is 0. The highest BCUT2D eigenvalue weighted by molar-refractivity contribution is 7.89. The van der Waals surface area contributed by atoms with Crippen molar-refractivity contribution in [3.8, 4) is 0 Å². The number of benzene rings is 1. The molecule has 0 unspecified atom stereocenters. The first-order chi connectivity index (χ1) is 8.02. The molecular weight excluding hydrogens is 245 g/mol. The molecule has 0 saturated heterocycles. The van der Waals surface area contributed by atoms with E-state index in [4.69, 9.17) is 5.11 Å². The average molecular weight is 261 g/mol. The molecule has 1 aromatic rings. The number of hydrogen-bond acceptors (Lipinski definition) is 3. The largest absolute Gasteiger partial charge is 0.395 e. The van der Waals surface area contributed by atoms with Gasteiger partial charge in [0.05, 0.1) is 11.5 Å². The number of rotatable bonds is 6. The van der Waals surface area contributed by atoms with Gasteiger partial charge in [-0.1, -0.05) is 13.0 Å². The molecule has 0 spiro atoms. The van der Waals surface area contributed by atoms with Gasteiger partial charge in [0.2, 0.25) is 10.0 Å². The summed E-state index contributed by atoms with van der Waals surface area (Å²) in [6, 6.07) is 4.87. The second kappa shape index (κ2) is 6.09. The number of halogens is 1. The topological polar surface area (TPSA) is 57.6 Å². The first kappa shape index (κ1) is 14.1. The summed E-state index contributed by atoms with van der Waals surface area (Å²) in [6.07, 6.45) is 0.633. The Morgan fingerprint density at radius 1 is 1.35 bits per heavy atom. The lowest BCUT2D eigenvalue weighted by atomic mass is 10.4. The molecule has 1 rings (SSSR count). The molecule has 4 nitrogen and oxygen atoms in total. The van der Waals surface area contributed by atoms with Crippen LogP contribution in [0.4, 0.5) is 4.39 Å². The summed E-state index contributed by atoms with van der Waals surface area (Å²) in [7, 11) is -3.71. The maximum Gasteiger partial charge on any atom is 0.243 e. The minimum Gasteiger partial charge on any atom is -0.395 e. The van der Waals surface area contributed by atoms with Crippen molar-refractivity contribution in [2.45, 2.75) is 18.2 Å². The van der Waals surface area contributed by atoms with Gasteiger partial charge in [-0.15, -0.1) is 0 Å². The zero-order valence-corrected chi connectivity index (χ0v) is 10.5. The van der Waals surface area contributed by atoms with Crippen LogP contribution in [0.1, 0.15) is 13.3 Å². The molecule has 6 heteroatoms. The summed E-state index contributed by atoms with van der Waals surface area (Å²) in [4.78, 5) is -0.0839. The minimum absolute atomic E-state index is 0.0205. The van der Waals surface area contributed by atoms with E-state index in [2.05, 4.69) is 0 Å². The summed E-state index contributed by atoms with van der Waals surface area (Å²) in [5.74, 6) is -0.591. The predicted octanol–water partition coefficient (Wildman–Crippen LogP) is 1.22. The van der Waals surface area contributed by atoms with E-state index in [1.165, 1.54) is 18.2 Å². The molecule has 0 aliphatic rings. The first-order valence-corrected chi connectivity index (χ1v) is 6.83. The van der Waals surface area contributed by atoms with E-state index in [1.807, 2.05) is 6.92 Å². The fourth-order valence-electron chi connectivity index (χ4n) is 1.49. The van der Waals surface area contributed by atoms with Gasteiger partial charge >= 0.3 is 0 Å². The van der Waals surface area contributed by atoms with Gasteiger partial charge in [0.15, 0.2) is 0 Å². The first-order valence-electron chi connectivity index (χ1n) is 5.39. The maximum atomic E-state index is 13.0. The predicted molar refractivity (Wildman–Crippen MR) is 62.5 cm³/mol. The van der Waals surface area contributed by atoms with Crippen LogP contribution in [-0.4, -0.2) is 37.5 Å². The van der Waals surface area contributed by atoms with Gasteiger partial charge in [0, 0.05) is 13.1 Å². The van der Waals surface area contributed by atoms with Gasteiger partial charge in [-0.3, -0.25) is 0 Å². The van der Waals surface area contributed by atoms with Crippen LogP contribution in [0, 0.1) is 5.82 Å². The lowest BCUT2D eigenvalue weighted by Gasteiger charge is -2.20. The summed E-state index contributed by atoms with van der Waals surface area (Å²) < 4.78 is 38.4. The van der Waals surface area contributed by atoms with Crippen LogP contribution in [0.2, 0.25) is 0 Å². The average Bonchev–Trinajstić information content (AvgIpc) is 2.29. The van der Waals surface area contributed by atoms with Crippen LogP contribution in [0.5, 0.6) is 0 Å². The molecule has 0 fully saturated rings. The molecule has 17 heavy (non-hydrogen) atoms. The Labute approximate surface area is 101 Å². The summed E-state index contributed by atoms with van der Waals surface area (Å²) in [5, 5.41) is 8.85. The second-order valence-electron chi connectivity index (χ2n) is 3.59. The molecule has 0 radical (unpaired) electrons. The van der Waals surface area contributed by atoms with Crippen molar-refractivity contribution < 1.29 is 17.9 Å². The van der Waals surface area contributed by atoms with Crippen LogP contribution in [0.15, 0.2) is 29.2 Å². The third-order valence-corrected chi connectivity index (χ3v) is 4.15. The van der Waals surface area contributed by atoms with Gasteiger partial charge in [0.1, 0.15) is 5.82 Å². The number of aliphatic hydroxyl groups excluding tert-OH is 1. The molecule has 96 valence electrons. The Kier molecular flexibility index (Phi) is 5.04. The van der Waals surface area contributed by atoms with E-state index in [1.54, 1.807) is 0 Å². The Bertz CT molecular complexity index is 456. The molecule has 0 aliphatic heterocycles. The number of aliphatic hydroxyl groups is 1. The Balaban J connectivity index is 3.07. The molecule has 0 aromatic heterocycles. The highest BCUT2D eigenvalue weighted by atomic mass is 32.2. The van der Waals surface area contributed by atoms with E-state index in [9.17, 15) is 12.8 Å². The molecule has 0 saturated carbocycles. The zero-order chi connectivity index (χ0) is 12.9. The van der Waals surface area contributed by atoms with Gasteiger partial charge in [0.25, 0.3) is 0 Å². The van der Waals surface area contributed by atoms with E-state index in [-0.39, 0.29) is 18.0 Å². The molecule has 0 heterocycles. The number of hydrogen-bond donors (Lipinski definition) is 1. The Hall–Kier alpha value is -0.980. The molecular formula is C11H16FNO3S. The molecule has 0 amide bonds. The zero-order valence-electron chi connectivity index (χ0n) is 9.63. The van der Waals surface area contributed by atoms with E-state index in [0.29, 0.717) is 13.0 Å². The molecule has 1 N–H and O–H groups in total. The molecule has 0 aliphatic carbocycles. The van der Waals surface area contributed by atoms with Crippen molar-refractivity contribution in [3.05, 3.63) is 30.1 Å². The van der Waals surface area contributed by atoms with Crippen LogP contribution >= 0.6 is 0 Å². The Morgan fingerprint density at radius 3 is 2.59 bits per heavy atom. The third-order valence-electron chi connectivity index (χ3n) is 2.26. The monoisotopic (exact) mass is 261 g/mol. The van der Waals surface area contributed by atoms with E-state index < -0.39 is 15.8 Å². The van der Waals surface area contributed by atoms with Crippen LogP contribution < -0.4 is 0 Å². The van der Waals surface area contributed by atoms with Crippen LogP contribution in [0.3, 0.4) is 0 Å². The van der Waals surface area contributed by atoms with Gasteiger partial charge < -0.3 is 5.11 Å². The van der Waals surface area contributed by atoms with Gasteiger partial charge in [-0.25, -0.2) is 12.8 Å². The van der Waals surface area contributed by atoms with Crippen LogP contribution in [-0.2, 0) is 10.0 Å². The quantitative estimate of drug-likeness (QED) is 0.837. The highest BCUT2D eigenvalue weighted by Crippen LogP contribution is 2.16. The fourth-order valence-corrected chi connectivity index (χ4v) is 3.04. The smallest absolute Gasteiger partial charge is 0.243 e. The standard InChI is InChI=1S/C11H16FNO3S/c1-2-6-13(7-8-14)17(15,16)11-5-3-4-10(12)9-11/h3-5,9,14H,2,6-8H2,1H3. The number of sulfonamides is 1. The molecule has 1 aromatic carbocycles. The number of nitrogens with zero attached hydrogens (tertiary/aromatic N) is 1. The van der Waals surface area contributed by atoms with Crippen molar-refractivity contribution in [1.82, 2.24) is 4.31 Å². The second-order valence-corrected chi connectivity index (χ2v) is 5.52. The summed E-state index contributed by atoms with van der Waals surface area (Å²) in [5.41, 5.74) is 0. The van der Waals surface area contributed by atoms with Crippen molar-refractivity contribution in [1.29, 1.82) is 0 Å². The molecule has 0 bridgehead atoms. The van der Waals surface area contributed by atoms with E-state index in [0.717, 1.165) is 10.4 Å². The van der Waals surface area contributed by atoms with E-state index >= 15 is 0 Å². The van der Waals surface area contributed by atoms with Gasteiger partial charge in [-0.05, 0) is 24.6 Å². The SMILES string of the molecule is CCCN(CCO)S(=O)(=O)c1cccc(F)c1. The molecule has 0 atom stereocenters. The minimum atomic E-state index is -3.71. The Morgan fingerprint density at radius 2 is 2.06 bits per heavy atom.